The molecule has 1 aromatic rings. The third kappa shape index (κ3) is 3.35. The predicted molar refractivity (Wildman–Crippen MR) is 67.8 cm³/mol. The number of aliphatic imine (C=N–C) groups is 1. The van der Waals surface area contributed by atoms with Crippen molar-refractivity contribution >= 4 is 5.84 Å². The van der Waals surface area contributed by atoms with E-state index in [0.29, 0.717) is 18.3 Å². The average Bonchev–Trinajstić information content (AvgIpc) is 2.35. The maximum absolute atomic E-state index is 8.65. The number of nitrogens with two attached hydrogens (primary N) is 1. The first kappa shape index (κ1) is 12.7. The molecule has 0 saturated carbocycles. The summed E-state index contributed by atoms with van der Waals surface area (Å²) in [5, 5.41) is 8.65. The van der Waals surface area contributed by atoms with Crippen LogP contribution in [0.2, 0.25) is 0 Å². The Morgan fingerprint density at radius 1 is 1.38 bits per heavy atom. The van der Waals surface area contributed by atoms with Crippen LogP contribution in [-0.2, 0) is 0 Å². The third-order valence-electron chi connectivity index (χ3n) is 2.77. The number of benzene rings is 1. The molecule has 3 heteroatoms. The molecule has 3 N–H and O–H groups in total. The lowest BCUT2D eigenvalue weighted by Gasteiger charge is -2.09. The van der Waals surface area contributed by atoms with Crippen molar-refractivity contribution in [1.82, 2.24) is 0 Å². The van der Waals surface area contributed by atoms with E-state index in [1.807, 2.05) is 12.1 Å². The molecular formula is C13H20N2O. The zero-order valence-corrected chi connectivity index (χ0v) is 9.98. The Morgan fingerprint density at radius 3 is 2.50 bits per heavy atom. The Kier molecular flexibility index (Phi) is 4.99. The second-order valence-electron chi connectivity index (χ2n) is 3.92. The monoisotopic (exact) mass is 220 g/mol. The molecule has 1 aromatic carbocycles. The molecule has 1 unspecified atom stereocenters. The molecule has 0 spiro atoms. The summed E-state index contributed by atoms with van der Waals surface area (Å²) in [4.78, 5) is 4.05. The van der Waals surface area contributed by atoms with Crippen molar-refractivity contribution in [3.8, 4) is 0 Å². The van der Waals surface area contributed by atoms with Crippen molar-refractivity contribution in [3.63, 3.8) is 0 Å². The molecule has 1 rings (SSSR count). The number of hydrogen-bond acceptors (Lipinski definition) is 2. The first-order chi connectivity index (χ1) is 7.69. The summed E-state index contributed by atoms with van der Waals surface area (Å²) in [6.07, 6.45) is 1.13. The highest BCUT2D eigenvalue weighted by molar-refractivity contribution is 5.97. The van der Waals surface area contributed by atoms with Gasteiger partial charge in [-0.05, 0) is 17.9 Å². The van der Waals surface area contributed by atoms with Gasteiger partial charge in [0.15, 0.2) is 0 Å². The van der Waals surface area contributed by atoms with Gasteiger partial charge in [-0.25, -0.2) is 0 Å². The van der Waals surface area contributed by atoms with Crippen molar-refractivity contribution < 1.29 is 5.11 Å². The molecule has 0 heterocycles. The Labute approximate surface area is 97.0 Å². The quantitative estimate of drug-likeness (QED) is 0.588. The van der Waals surface area contributed by atoms with Crippen LogP contribution in [0, 0.1) is 0 Å². The number of hydrogen-bond donors (Lipinski definition) is 2. The molecule has 0 aliphatic rings. The fourth-order valence-electron chi connectivity index (χ4n) is 1.48. The second-order valence-corrected chi connectivity index (χ2v) is 3.92. The van der Waals surface area contributed by atoms with Gasteiger partial charge in [-0.1, -0.05) is 38.1 Å². The van der Waals surface area contributed by atoms with Crippen LogP contribution in [0.15, 0.2) is 29.3 Å². The molecule has 3 nitrogen and oxygen atoms in total. The number of amidine groups is 1. The fraction of sp³-hybridized carbons (Fsp3) is 0.462. The smallest absolute Gasteiger partial charge is 0.125 e. The van der Waals surface area contributed by atoms with Crippen LogP contribution in [0.3, 0.4) is 0 Å². The summed E-state index contributed by atoms with van der Waals surface area (Å²) in [6, 6.07) is 8.14. The molecular weight excluding hydrogens is 200 g/mol. The molecule has 1 atom stereocenters. The first-order valence-electron chi connectivity index (χ1n) is 5.70. The Hall–Kier alpha value is -1.35. The first-order valence-corrected chi connectivity index (χ1v) is 5.70. The molecule has 0 amide bonds. The number of aliphatic hydroxyl groups excluding tert-OH is 1. The van der Waals surface area contributed by atoms with E-state index in [1.54, 1.807) is 0 Å². The van der Waals surface area contributed by atoms with Crippen LogP contribution >= 0.6 is 0 Å². The minimum atomic E-state index is 0.0334. The largest absolute Gasteiger partial charge is 0.394 e. The molecule has 0 bridgehead atoms. The van der Waals surface area contributed by atoms with Crippen LogP contribution in [0.5, 0.6) is 0 Å². The van der Waals surface area contributed by atoms with E-state index in [4.69, 9.17) is 10.8 Å². The molecule has 0 saturated heterocycles. The fourth-order valence-corrected chi connectivity index (χ4v) is 1.48. The van der Waals surface area contributed by atoms with E-state index in [1.165, 1.54) is 5.56 Å². The summed E-state index contributed by atoms with van der Waals surface area (Å²) in [7, 11) is 0. The third-order valence-corrected chi connectivity index (χ3v) is 2.77. The van der Waals surface area contributed by atoms with Gasteiger partial charge in [0.1, 0.15) is 5.84 Å². The zero-order valence-electron chi connectivity index (χ0n) is 9.98. The minimum Gasteiger partial charge on any atom is -0.394 e. The van der Waals surface area contributed by atoms with Gasteiger partial charge < -0.3 is 10.8 Å². The predicted octanol–water partition coefficient (Wildman–Crippen LogP) is 1.90. The van der Waals surface area contributed by atoms with Crippen molar-refractivity contribution in [1.29, 1.82) is 0 Å². The molecule has 0 aromatic heterocycles. The van der Waals surface area contributed by atoms with E-state index in [-0.39, 0.29) is 6.61 Å². The van der Waals surface area contributed by atoms with Crippen molar-refractivity contribution in [3.05, 3.63) is 35.4 Å². The highest BCUT2D eigenvalue weighted by Crippen LogP contribution is 2.18. The molecule has 88 valence electrons. The molecule has 0 aliphatic carbocycles. The number of rotatable bonds is 5. The normalized spacial score (nSPS) is 13.8. The topological polar surface area (TPSA) is 58.6 Å². The Balaban J connectivity index is 2.78. The summed E-state index contributed by atoms with van der Waals surface area (Å²) in [6.45, 7) is 4.78. The van der Waals surface area contributed by atoms with Crippen LogP contribution in [0.4, 0.5) is 0 Å². The lowest BCUT2D eigenvalue weighted by atomic mass is 9.97. The van der Waals surface area contributed by atoms with Gasteiger partial charge in [-0.2, -0.15) is 0 Å². The average molecular weight is 220 g/mol. The lowest BCUT2D eigenvalue weighted by Crippen LogP contribution is -2.14. The molecule has 0 aliphatic heterocycles. The maximum Gasteiger partial charge on any atom is 0.125 e. The van der Waals surface area contributed by atoms with Gasteiger partial charge in [-0.3, -0.25) is 4.99 Å². The van der Waals surface area contributed by atoms with E-state index in [0.717, 1.165) is 12.0 Å². The standard InChI is InChI=1S/C13H20N2O/c1-3-10(2)11-4-6-12(7-5-11)13(14)15-8-9-16/h4-7,10,16H,3,8-9H2,1-2H3,(H2,14,15). The van der Waals surface area contributed by atoms with Crippen molar-refractivity contribution in [2.45, 2.75) is 26.2 Å². The van der Waals surface area contributed by atoms with Gasteiger partial charge in [0.25, 0.3) is 0 Å². The van der Waals surface area contributed by atoms with E-state index in [9.17, 15) is 0 Å². The summed E-state index contributed by atoms with van der Waals surface area (Å²) in [5.74, 6) is 1.06. The van der Waals surface area contributed by atoms with Gasteiger partial charge >= 0.3 is 0 Å². The number of aliphatic hydroxyl groups is 1. The maximum atomic E-state index is 8.65. The second kappa shape index (κ2) is 6.28. The van der Waals surface area contributed by atoms with Gasteiger partial charge in [0, 0.05) is 5.56 Å². The molecule has 0 fully saturated rings. The van der Waals surface area contributed by atoms with Crippen LogP contribution in [0.25, 0.3) is 0 Å². The van der Waals surface area contributed by atoms with Crippen molar-refractivity contribution in [2.75, 3.05) is 13.2 Å². The van der Waals surface area contributed by atoms with Gasteiger partial charge in [-0.15, -0.1) is 0 Å². The SMILES string of the molecule is CCC(C)c1ccc(C(N)=NCCO)cc1. The highest BCUT2D eigenvalue weighted by atomic mass is 16.3. The molecule has 16 heavy (non-hydrogen) atoms. The van der Waals surface area contributed by atoms with Gasteiger partial charge in [0.2, 0.25) is 0 Å². The Bertz CT molecular complexity index is 343. The van der Waals surface area contributed by atoms with Crippen LogP contribution < -0.4 is 5.73 Å². The summed E-state index contributed by atoms with van der Waals surface area (Å²) in [5.41, 5.74) is 8.02. The molecule has 0 radical (unpaired) electrons. The van der Waals surface area contributed by atoms with E-state index in [2.05, 4.69) is 31.0 Å². The van der Waals surface area contributed by atoms with E-state index >= 15 is 0 Å². The van der Waals surface area contributed by atoms with E-state index < -0.39 is 0 Å². The summed E-state index contributed by atoms with van der Waals surface area (Å²) >= 11 is 0. The number of nitrogens with zero attached hydrogens (tertiary/aromatic N) is 1. The highest BCUT2D eigenvalue weighted by Gasteiger charge is 2.03. The lowest BCUT2D eigenvalue weighted by molar-refractivity contribution is 0.307. The summed E-state index contributed by atoms with van der Waals surface area (Å²) < 4.78 is 0. The Morgan fingerprint density at radius 2 is 2.00 bits per heavy atom. The zero-order chi connectivity index (χ0) is 12.0. The van der Waals surface area contributed by atoms with Crippen LogP contribution in [-0.4, -0.2) is 24.1 Å². The van der Waals surface area contributed by atoms with Crippen molar-refractivity contribution in [2.24, 2.45) is 10.7 Å². The van der Waals surface area contributed by atoms with Gasteiger partial charge in [0.05, 0.1) is 13.2 Å². The van der Waals surface area contributed by atoms with Crippen LogP contribution in [0.1, 0.15) is 37.3 Å². The minimum absolute atomic E-state index is 0.0334.